The van der Waals surface area contributed by atoms with Crippen molar-refractivity contribution in [2.24, 2.45) is 0 Å². The van der Waals surface area contributed by atoms with E-state index in [2.05, 4.69) is 5.01 Å². The highest BCUT2D eigenvalue weighted by atomic mass is 16.5. The minimum absolute atomic E-state index is 0.375. The zero-order valence-electron chi connectivity index (χ0n) is 7.92. The largest absolute Gasteiger partial charge is 0.498 e. The third-order valence-corrected chi connectivity index (χ3v) is 0.636. The zero-order valence-corrected chi connectivity index (χ0v) is 7.92. The quantitative estimate of drug-likeness (QED) is 0.581. The van der Waals surface area contributed by atoms with Gasteiger partial charge in [0.25, 0.3) is 6.07 Å². The van der Waals surface area contributed by atoms with Crippen molar-refractivity contribution in [1.29, 1.82) is 0 Å². The smallest absolute Gasteiger partial charge is 0.294 e. The molecule has 0 aromatic carbocycles. The van der Waals surface area contributed by atoms with Crippen LogP contribution in [0.1, 0.15) is 34.6 Å². The Hall–Kier alpha value is -0.750. The predicted molar refractivity (Wildman–Crippen MR) is 47.6 cm³/mol. The van der Waals surface area contributed by atoms with Gasteiger partial charge in [-0.1, -0.05) is 0 Å². The number of ether oxygens (including phenoxy) is 1. The fourth-order valence-corrected chi connectivity index (χ4v) is 0.544. The van der Waals surface area contributed by atoms with Gasteiger partial charge in [0.15, 0.2) is 0 Å². The second-order valence-corrected chi connectivity index (χ2v) is 2.55. The summed E-state index contributed by atoms with van der Waals surface area (Å²) in [5.74, 6) is 0. The fraction of sp³-hybridized carbons (Fsp3) is 0.875. The molecule has 3 heteroatoms. The molecule has 0 aliphatic rings. The molecule has 0 aromatic rings. The summed E-state index contributed by atoms with van der Waals surface area (Å²) < 4.78 is 5.25. The Kier molecular flexibility index (Phi) is 10.8. The van der Waals surface area contributed by atoms with Crippen LogP contribution in [0.2, 0.25) is 0 Å². The molecule has 0 atom stereocenters. The Morgan fingerprint density at radius 3 is 1.45 bits per heavy atom. The lowest BCUT2D eigenvalue weighted by Gasteiger charge is -2.09. The van der Waals surface area contributed by atoms with E-state index in [1.54, 1.807) is 0 Å². The van der Waals surface area contributed by atoms with E-state index >= 15 is 0 Å². The Morgan fingerprint density at radius 1 is 1.18 bits per heavy atom. The van der Waals surface area contributed by atoms with Crippen LogP contribution in [0.25, 0.3) is 5.01 Å². The number of hydrogen-bond donors (Lipinski definition) is 0. The van der Waals surface area contributed by atoms with Crippen molar-refractivity contribution in [1.82, 2.24) is 0 Å². The van der Waals surface area contributed by atoms with Gasteiger partial charge in [-0.3, -0.25) is 0 Å². The lowest BCUT2D eigenvalue weighted by molar-refractivity contribution is 0.0300. The molecule has 0 aromatic heterocycles. The van der Waals surface area contributed by atoms with Gasteiger partial charge >= 0.3 is 0 Å². The molecule has 11 heavy (non-hydrogen) atoms. The standard InChI is InChI=1S/C6H14O.C2H3NO/c1-5(2)7-6(3)4;1-2-3-4/h5-6H,1-4H3;1H3. The molecule has 0 spiro atoms. The molecule has 0 N–H and O–H groups in total. The summed E-state index contributed by atoms with van der Waals surface area (Å²) in [5, 5.41) is 11.0. The summed E-state index contributed by atoms with van der Waals surface area (Å²) in [6.07, 6.45) is 0.750. The molecule has 0 saturated carbocycles. The average Bonchev–Trinajstić information content (AvgIpc) is 1.85. The monoisotopic (exact) mass is 159 g/mol. The van der Waals surface area contributed by atoms with Crippen LogP contribution in [0.3, 0.4) is 0 Å². The van der Waals surface area contributed by atoms with Crippen LogP contribution >= 0.6 is 0 Å². The zero-order chi connectivity index (χ0) is 9.28. The van der Waals surface area contributed by atoms with Crippen LogP contribution in [0, 0.1) is 11.3 Å². The summed E-state index contributed by atoms with van der Waals surface area (Å²) in [6, 6.07) is 2.00. The van der Waals surface area contributed by atoms with Gasteiger partial charge in [-0.2, -0.15) is 0 Å². The van der Waals surface area contributed by atoms with Crippen LogP contribution in [-0.4, -0.2) is 12.2 Å². The molecule has 0 aliphatic carbocycles. The molecular weight excluding hydrogens is 142 g/mol. The highest BCUT2D eigenvalue weighted by molar-refractivity contribution is 4.79. The Labute approximate surface area is 68.8 Å². The first-order chi connectivity index (χ1) is 5.04. The van der Waals surface area contributed by atoms with Crippen molar-refractivity contribution in [2.45, 2.75) is 46.8 Å². The fourth-order valence-electron chi connectivity index (χ4n) is 0.544. The van der Waals surface area contributed by atoms with Crippen molar-refractivity contribution in [2.75, 3.05) is 0 Å². The summed E-state index contributed by atoms with van der Waals surface area (Å²) in [6.45, 7) is 9.62. The molecular formula is C8H17NO2. The Morgan fingerprint density at radius 2 is 1.45 bits per heavy atom. The van der Waals surface area contributed by atoms with Crippen molar-refractivity contribution >= 4 is 0 Å². The van der Waals surface area contributed by atoms with Crippen molar-refractivity contribution in [3.63, 3.8) is 0 Å². The molecule has 0 heterocycles. The summed E-state index contributed by atoms with van der Waals surface area (Å²) in [4.78, 5) is 0. The molecule has 0 rings (SSSR count). The van der Waals surface area contributed by atoms with Gasteiger partial charge in [0.05, 0.1) is 19.1 Å². The van der Waals surface area contributed by atoms with E-state index in [0.717, 1.165) is 0 Å². The number of hydrogen-bond acceptors (Lipinski definition) is 2. The minimum atomic E-state index is 0.375. The predicted octanol–water partition coefficient (Wildman–Crippen LogP) is 2.66. The van der Waals surface area contributed by atoms with E-state index in [0.29, 0.717) is 12.2 Å². The van der Waals surface area contributed by atoms with Gasteiger partial charge in [-0.05, 0) is 27.7 Å². The Bertz CT molecular complexity index is 110. The normalized spacial score (nSPS) is 8.27. The third kappa shape index (κ3) is 26.9. The van der Waals surface area contributed by atoms with Crippen LogP contribution < -0.4 is 0 Å². The molecule has 0 bridgehead atoms. The van der Waals surface area contributed by atoms with Crippen LogP contribution in [-0.2, 0) is 4.74 Å². The minimum Gasteiger partial charge on any atom is -0.498 e. The molecule has 0 saturated heterocycles. The maximum Gasteiger partial charge on any atom is 0.294 e. The first-order valence-corrected chi connectivity index (χ1v) is 3.69. The van der Waals surface area contributed by atoms with Gasteiger partial charge in [0.2, 0.25) is 0 Å². The van der Waals surface area contributed by atoms with Gasteiger partial charge in [-0.25, -0.2) is 0 Å². The molecule has 0 aliphatic heterocycles. The van der Waals surface area contributed by atoms with Crippen molar-refractivity contribution < 1.29 is 4.74 Å². The first kappa shape index (κ1) is 12.9. The summed E-state index contributed by atoms with van der Waals surface area (Å²) in [7, 11) is 0. The third-order valence-electron chi connectivity index (χ3n) is 0.636. The first-order valence-electron chi connectivity index (χ1n) is 3.69. The van der Waals surface area contributed by atoms with Crippen LogP contribution in [0.15, 0.2) is 0 Å². The maximum atomic E-state index is 8.81. The average molecular weight is 159 g/mol. The van der Waals surface area contributed by atoms with E-state index in [-0.39, 0.29) is 0 Å². The lowest BCUT2D eigenvalue weighted by Crippen LogP contribution is -2.09. The number of nitrogens with zero attached hydrogens (tertiary/aromatic N) is 1. The molecule has 0 radical (unpaired) electrons. The van der Waals surface area contributed by atoms with Crippen LogP contribution in [0.5, 0.6) is 0 Å². The molecule has 66 valence electrons. The van der Waals surface area contributed by atoms with E-state index < -0.39 is 0 Å². The van der Waals surface area contributed by atoms with E-state index in [1.807, 2.05) is 33.8 Å². The molecule has 0 fully saturated rings. The Balaban J connectivity index is 0. The topological polar surface area (TPSA) is 36.6 Å². The molecule has 3 nitrogen and oxygen atoms in total. The molecule has 0 amide bonds. The van der Waals surface area contributed by atoms with E-state index in [1.165, 1.54) is 6.92 Å². The van der Waals surface area contributed by atoms with Crippen molar-refractivity contribution in [3.05, 3.63) is 10.2 Å². The maximum absolute atomic E-state index is 8.81. The van der Waals surface area contributed by atoms with Gasteiger partial charge < -0.3 is 9.94 Å². The van der Waals surface area contributed by atoms with Gasteiger partial charge in [0, 0.05) is 5.01 Å². The second kappa shape index (κ2) is 9.25. The lowest BCUT2D eigenvalue weighted by atomic mass is 10.4. The SMILES string of the molecule is CC#[N+][O-].CC(C)OC(C)C. The van der Waals surface area contributed by atoms with E-state index in [9.17, 15) is 0 Å². The molecule has 0 unspecified atom stereocenters. The van der Waals surface area contributed by atoms with Gasteiger partial charge in [-0.15, -0.1) is 0 Å². The van der Waals surface area contributed by atoms with Crippen LogP contribution in [0.4, 0.5) is 0 Å². The highest BCUT2D eigenvalue weighted by Gasteiger charge is 1.94. The summed E-state index contributed by atoms with van der Waals surface area (Å²) in [5.41, 5.74) is 0. The highest BCUT2D eigenvalue weighted by Crippen LogP contribution is 1.93. The van der Waals surface area contributed by atoms with E-state index in [4.69, 9.17) is 9.94 Å². The van der Waals surface area contributed by atoms with Crippen molar-refractivity contribution in [3.8, 4) is 6.07 Å². The second-order valence-electron chi connectivity index (χ2n) is 2.55. The van der Waals surface area contributed by atoms with Gasteiger partial charge in [0.1, 0.15) is 0 Å². The summed E-state index contributed by atoms with van der Waals surface area (Å²) >= 11 is 0. The number of rotatable bonds is 2.